The molecule has 1 aromatic carbocycles. The van der Waals surface area contributed by atoms with Crippen LogP contribution in [0.4, 0.5) is 0 Å². The highest BCUT2D eigenvalue weighted by Crippen LogP contribution is 2.13. The zero-order valence-corrected chi connectivity index (χ0v) is 19.0. The molecule has 1 fully saturated rings. The Labute approximate surface area is 186 Å². The molecule has 0 radical (unpaired) electrons. The molecular formula is C25H37N5O. The first kappa shape index (κ1) is 23.1. The van der Waals surface area contributed by atoms with Crippen molar-refractivity contribution in [1.29, 1.82) is 0 Å². The molecule has 1 saturated heterocycles. The fourth-order valence-electron chi connectivity index (χ4n) is 4.07. The summed E-state index contributed by atoms with van der Waals surface area (Å²) in [5.41, 5.74) is 2.48. The van der Waals surface area contributed by atoms with Gasteiger partial charge in [-0.05, 0) is 51.2 Å². The number of hydrogen-bond acceptors (Lipinski definition) is 3. The van der Waals surface area contributed by atoms with Crippen LogP contribution < -0.4 is 16.2 Å². The van der Waals surface area contributed by atoms with E-state index >= 15 is 0 Å². The molecule has 6 nitrogen and oxygen atoms in total. The summed E-state index contributed by atoms with van der Waals surface area (Å²) >= 11 is 0. The minimum atomic E-state index is 0.0807. The van der Waals surface area contributed by atoms with Crippen molar-refractivity contribution in [2.75, 3.05) is 26.2 Å². The lowest BCUT2D eigenvalue weighted by molar-refractivity contribution is 0.198. The largest absolute Gasteiger partial charge is 0.357 e. The smallest absolute Gasteiger partial charge is 0.250 e. The molecule has 2 aromatic rings. The summed E-state index contributed by atoms with van der Waals surface area (Å²) in [7, 11) is 0. The first-order chi connectivity index (χ1) is 15.2. The van der Waals surface area contributed by atoms with E-state index in [0.29, 0.717) is 6.04 Å². The summed E-state index contributed by atoms with van der Waals surface area (Å²) in [5, 5.41) is 7.00. The van der Waals surface area contributed by atoms with Crippen LogP contribution in [0.2, 0.25) is 0 Å². The van der Waals surface area contributed by atoms with E-state index in [1.165, 1.54) is 5.56 Å². The molecule has 1 aliphatic rings. The molecule has 0 aliphatic carbocycles. The third-order valence-corrected chi connectivity index (χ3v) is 5.85. The average molecular weight is 424 g/mol. The third kappa shape index (κ3) is 7.55. The van der Waals surface area contributed by atoms with Crippen molar-refractivity contribution in [3.05, 3.63) is 70.1 Å². The molecule has 1 aromatic heterocycles. The molecular weight excluding hydrogens is 386 g/mol. The lowest BCUT2D eigenvalue weighted by atomic mass is 10.0. The van der Waals surface area contributed by atoms with Crippen LogP contribution in [0.3, 0.4) is 0 Å². The number of benzene rings is 1. The minimum Gasteiger partial charge on any atom is -0.357 e. The van der Waals surface area contributed by atoms with Crippen LogP contribution >= 0.6 is 0 Å². The van der Waals surface area contributed by atoms with Crippen LogP contribution in [0.5, 0.6) is 0 Å². The quantitative estimate of drug-likeness (QED) is 0.370. The Balaban J connectivity index is 1.40. The van der Waals surface area contributed by atoms with Crippen LogP contribution in [-0.2, 0) is 13.1 Å². The number of rotatable bonds is 9. The zero-order chi connectivity index (χ0) is 21.9. The number of guanidine groups is 1. The second kappa shape index (κ2) is 12.3. The monoisotopic (exact) mass is 423 g/mol. The van der Waals surface area contributed by atoms with Crippen LogP contribution in [-0.4, -0.2) is 47.6 Å². The molecule has 0 atom stereocenters. The van der Waals surface area contributed by atoms with Crippen molar-refractivity contribution in [1.82, 2.24) is 20.1 Å². The number of likely N-dealkylation sites (tertiary alicyclic amines) is 1. The van der Waals surface area contributed by atoms with Gasteiger partial charge in [0.05, 0.1) is 0 Å². The number of nitrogens with one attached hydrogen (secondary N) is 2. The van der Waals surface area contributed by atoms with Gasteiger partial charge in [-0.1, -0.05) is 36.4 Å². The molecule has 2 heterocycles. The first-order valence-electron chi connectivity index (χ1n) is 11.6. The summed E-state index contributed by atoms with van der Waals surface area (Å²) in [6.45, 7) is 9.72. The second-order valence-corrected chi connectivity index (χ2v) is 8.31. The molecule has 0 spiro atoms. The van der Waals surface area contributed by atoms with Gasteiger partial charge in [0, 0.05) is 57.1 Å². The Bertz CT molecular complexity index is 869. The summed E-state index contributed by atoms with van der Waals surface area (Å²) in [6.07, 6.45) is 4.18. The Morgan fingerprint density at radius 2 is 1.84 bits per heavy atom. The van der Waals surface area contributed by atoms with Gasteiger partial charge in [-0.15, -0.1) is 0 Å². The number of pyridine rings is 1. The summed E-state index contributed by atoms with van der Waals surface area (Å²) in [6, 6.07) is 16.6. The molecule has 6 heteroatoms. The van der Waals surface area contributed by atoms with Crippen LogP contribution in [0.1, 0.15) is 43.9 Å². The standard InChI is InChI=1S/C25H37N5O/c1-3-26-25(27-16-7-8-17-30-21(2)10-9-13-24(30)31)28-23-14-18-29(19-15-23)20-22-11-5-4-6-12-22/h4-6,9-13,23H,3,7-8,14-20H2,1-2H3,(H2,26,27,28). The second-order valence-electron chi connectivity index (χ2n) is 8.31. The normalized spacial score (nSPS) is 15.7. The lowest BCUT2D eigenvalue weighted by Crippen LogP contribution is -2.48. The Hall–Kier alpha value is -2.60. The fraction of sp³-hybridized carbons (Fsp3) is 0.520. The number of hydrogen-bond donors (Lipinski definition) is 2. The molecule has 3 rings (SSSR count). The van der Waals surface area contributed by atoms with Crippen molar-refractivity contribution in [3.63, 3.8) is 0 Å². The summed E-state index contributed by atoms with van der Waals surface area (Å²) < 4.78 is 1.84. The number of piperidine rings is 1. The van der Waals surface area contributed by atoms with E-state index in [1.54, 1.807) is 6.07 Å². The highest BCUT2D eigenvalue weighted by molar-refractivity contribution is 5.80. The van der Waals surface area contributed by atoms with Gasteiger partial charge in [0.25, 0.3) is 5.56 Å². The lowest BCUT2D eigenvalue weighted by Gasteiger charge is -2.33. The topological polar surface area (TPSA) is 61.7 Å². The van der Waals surface area contributed by atoms with Gasteiger partial charge in [0.15, 0.2) is 5.96 Å². The first-order valence-corrected chi connectivity index (χ1v) is 11.6. The SMILES string of the molecule is CCNC(=NCCCCn1c(C)cccc1=O)NC1CCN(Cc2ccccc2)CC1. The van der Waals surface area contributed by atoms with E-state index in [2.05, 4.69) is 52.8 Å². The molecule has 31 heavy (non-hydrogen) atoms. The number of aryl methyl sites for hydroxylation is 1. The van der Waals surface area contributed by atoms with Crippen molar-refractivity contribution in [2.24, 2.45) is 4.99 Å². The van der Waals surface area contributed by atoms with Crippen molar-refractivity contribution >= 4 is 5.96 Å². The van der Waals surface area contributed by atoms with Gasteiger partial charge in [-0.2, -0.15) is 0 Å². The van der Waals surface area contributed by atoms with Gasteiger partial charge >= 0.3 is 0 Å². The molecule has 0 unspecified atom stereocenters. The number of aromatic nitrogens is 1. The molecule has 0 bridgehead atoms. The Morgan fingerprint density at radius 1 is 1.06 bits per heavy atom. The number of aliphatic imine (C=N–C) groups is 1. The van der Waals surface area contributed by atoms with Crippen LogP contribution in [0.15, 0.2) is 58.3 Å². The number of unbranched alkanes of at least 4 members (excludes halogenated alkanes) is 1. The summed E-state index contributed by atoms with van der Waals surface area (Å²) in [5.74, 6) is 0.914. The molecule has 168 valence electrons. The van der Waals surface area contributed by atoms with Crippen molar-refractivity contribution in [2.45, 2.75) is 58.7 Å². The molecule has 0 amide bonds. The van der Waals surface area contributed by atoms with E-state index in [-0.39, 0.29) is 5.56 Å². The predicted octanol–water partition coefficient (Wildman–Crippen LogP) is 3.16. The fourth-order valence-corrected chi connectivity index (χ4v) is 4.07. The molecule has 0 saturated carbocycles. The van der Waals surface area contributed by atoms with E-state index < -0.39 is 0 Å². The predicted molar refractivity (Wildman–Crippen MR) is 129 cm³/mol. The van der Waals surface area contributed by atoms with E-state index in [0.717, 1.165) is 76.6 Å². The highest BCUT2D eigenvalue weighted by atomic mass is 16.1. The Morgan fingerprint density at radius 3 is 2.55 bits per heavy atom. The van der Waals surface area contributed by atoms with Gasteiger partial charge in [-0.25, -0.2) is 0 Å². The maximum absolute atomic E-state index is 12.0. The van der Waals surface area contributed by atoms with Gasteiger partial charge in [0.2, 0.25) is 0 Å². The molecule has 1 aliphatic heterocycles. The maximum atomic E-state index is 12.0. The average Bonchev–Trinajstić information content (AvgIpc) is 2.77. The number of nitrogens with zero attached hydrogens (tertiary/aromatic N) is 3. The molecule has 2 N–H and O–H groups in total. The third-order valence-electron chi connectivity index (χ3n) is 5.85. The van der Waals surface area contributed by atoms with Crippen LogP contribution in [0, 0.1) is 6.92 Å². The van der Waals surface area contributed by atoms with E-state index in [9.17, 15) is 4.79 Å². The van der Waals surface area contributed by atoms with Crippen molar-refractivity contribution < 1.29 is 0 Å². The van der Waals surface area contributed by atoms with Crippen LogP contribution in [0.25, 0.3) is 0 Å². The maximum Gasteiger partial charge on any atom is 0.250 e. The van der Waals surface area contributed by atoms with E-state index in [1.807, 2.05) is 23.6 Å². The Kier molecular flexibility index (Phi) is 9.16. The van der Waals surface area contributed by atoms with Crippen molar-refractivity contribution in [3.8, 4) is 0 Å². The zero-order valence-electron chi connectivity index (χ0n) is 19.0. The highest BCUT2D eigenvalue weighted by Gasteiger charge is 2.19. The van der Waals surface area contributed by atoms with Gasteiger partial charge in [0.1, 0.15) is 0 Å². The minimum absolute atomic E-state index is 0.0807. The van der Waals surface area contributed by atoms with Gasteiger partial charge in [-0.3, -0.25) is 14.7 Å². The summed E-state index contributed by atoms with van der Waals surface area (Å²) in [4.78, 5) is 19.3. The van der Waals surface area contributed by atoms with E-state index in [4.69, 9.17) is 4.99 Å². The van der Waals surface area contributed by atoms with Gasteiger partial charge < -0.3 is 15.2 Å².